The van der Waals surface area contributed by atoms with Crippen molar-refractivity contribution in [3.05, 3.63) is 54.1 Å². The van der Waals surface area contributed by atoms with Crippen LogP contribution in [0.1, 0.15) is 18.9 Å². The van der Waals surface area contributed by atoms with E-state index in [-0.39, 0.29) is 4.90 Å². The molecule has 0 atom stereocenters. The third kappa shape index (κ3) is 6.11. The van der Waals surface area contributed by atoms with Crippen LogP contribution >= 0.6 is 0 Å². The van der Waals surface area contributed by atoms with Gasteiger partial charge in [-0.25, -0.2) is 13.4 Å². The molecule has 0 spiro atoms. The largest absolute Gasteiger partial charge is 0.497 e. The Kier molecular flexibility index (Phi) is 8.46. The van der Waals surface area contributed by atoms with E-state index in [1.165, 1.54) is 4.31 Å². The maximum atomic E-state index is 13.0. The van der Waals surface area contributed by atoms with Crippen LogP contribution in [-0.4, -0.2) is 76.7 Å². The molecule has 0 unspecified atom stereocenters. The van der Waals surface area contributed by atoms with Gasteiger partial charge in [0.1, 0.15) is 23.2 Å². The lowest BCUT2D eigenvalue weighted by molar-refractivity contribution is 0.263. The number of rotatable bonds is 7. The molecule has 0 bridgehead atoms. The van der Waals surface area contributed by atoms with Crippen molar-refractivity contribution in [1.29, 1.82) is 0 Å². The summed E-state index contributed by atoms with van der Waals surface area (Å²) in [4.78, 5) is 11.6. The van der Waals surface area contributed by atoms with Crippen LogP contribution in [0.25, 0.3) is 0 Å². The smallest absolute Gasteiger partial charge is 0.243 e. The molecule has 0 N–H and O–H groups in total. The summed E-state index contributed by atoms with van der Waals surface area (Å²) in [6, 6.07) is 14.4. The van der Waals surface area contributed by atoms with Gasteiger partial charge in [0, 0.05) is 46.1 Å². The van der Waals surface area contributed by atoms with E-state index in [1.54, 1.807) is 45.5 Å². The predicted octanol–water partition coefficient (Wildman–Crippen LogP) is 3.09. The number of methoxy groups -OCH3 is 2. The van der Waals surface area contributed by atoms with Crippen molar-refractivity contribution in [2.75, 3.05) is 47.4 Å². The van der Waals surface area contributed by atoms with Gasteiger partial charge >= 0.3 is 0 Å². The maximum Gasteiger partial charge on any atom is 0.243 e. The number of ether oxygens (including phenoxy) is 2. The van der Waals surface area contributed by atoms with Crippen molar-refractivity contribution in [3.63, 3.8) is 0 Å². The molecule has 1 aliphatic heterocycles. The van der Waals surface area contributed by atoms with E-state index in [0.29, 0.717) is 38.3 Å². The lowest BCUT2D eigenvalue weighted by Crippen LogP contribution is -2.50. The summed E-state index contributed by atoms with van der Waals surface area (Å²) in [6.07, 6.45) is 1.36. The first-order valence-electron chi connectivity index (χ1n) is 11.0. The molecular weight excluding hydrogens is 440 g/mol. The molecule has 2 aromatic rings. The van der Waals surface area contributed by atoms with Gasteiger partial charge in [-0.05, 0) is 42.0 Å². The predicted molar refractivity (Wildman–Crippen MR) is 131 cm³/mol. The molecular formula is C24H32N4O4S. The first-order valence-corrected chi connectivity index (χ1v) is 12.4. The molecule has 33 heavy (non-hydrogen) atoms. The van der Waals surface area contributed by atoms with Crippen molar-refractivity contribution >= 4 is 21.7 Å². The van der Waals surface area contributed by atoms with E-state index in [4.69, 9.17) is 14.5 Å². The Balaban J connectivity index is 1.66. The van der Waals surface area contributed by atoms with Crippen LogP contribution in [0.15, 0.2) is 63.4 Å². The van der Waals surface area contributed by atoms with Gasteiger partial charge in [-0.2, -0.15) is 4.31 Å². The first kappa shape index (κ1) is 24.7. The molecule has 3 rings (SSSR count). The summed E-state index contributed by atoms with van der Waals surface area (Å²) in [5.74, 6) is 3.11. The van der Waals surface area contributed by atoms with Gasteiger partial charge in [0.2, 0.25) is 10.0 Å². The molecule has 178 valence electrons. The van der Waals surface area contributed by atoms with E-state index in [9.17, 15) is 8.42 Å². The van der Waals surface area contributed by atoms with Crippen LogP contribution in [0.4, 0.5) is 0 Å². The highest BCUT2D eigenvalue weighted by atomic mass is 32.2. The Morgan fingerprint density at radius 3 is 1.94 bits per heavy atom. The highest BCUT2D eigenvalue weighted by molar-refractivity contribution is 7.89. The van der Waals surface area contributed by atoms with Gasteiger partial charge in [0.25, 0.3) is 0 Å². The number of benzene rings is 2. The molecule has 1 aliphatic rings. The second-order valence-electron chi connectivity index (χ2n) is 7.61. The van der Waals surface area contributed by atoms with Crippen LogP contribution in [0.5, 0.6) is 11.5 Å². The highest BCUT2D eigenvalue weighted by Gasteiger charge is 2.29. The van der Waals surface area contributed by atoms with Crippen LogP contribution in [-0.2, 0) is 16.4 Å². The number of hydrogen-bond acceptors (Lipinski definition) is 5. The summed E-state index contributed by atoms with van der Waals surface area (Å²) in [5, 5.41) is 0. The molecule has 0 aromatic heterocycles. The molecule has 0 radical (unpaired) electrons. The van der Waals surface area contributed by atoms with Crippen LogP contribution in [0.2, 0.25) is 0 Å². The second kappa shape index (κ2) is 11.3. The molecule has 8 nitrogen and oxygen atoms in total. The van der Waals surface area contributed by atoms with Gasteiger partial charge in [-0.3, -0.25) is 4.99 Å². The van der Waals surface area contributed by atoms with Crippen molar-refractivity contribution in [2.45, 2.75) is 24.7 Å². The number of piperazine rings is 1. The summed E-state index contributed by atoms with van der Waals surface area (Å²) in [5.41, 5.74) is 1.10. The molecule has 1 heterocycles. The number of hydrogen-bond donors (Lipinski definition) is 0. The van der Waals surface area contributed by atoms with E-state index >= 15 is 0 Å². The lowest BCUT2D eigenvalue weighted by atomic mass is 10.1. The summed E-state index contributed by atoms with van der Waals surface area (Å²) >= 11 is 0. The molecule has 1 saturated heterocycles. The van der Waals surface area contributed by atoms with E-state index < -0.39 is 10.0 Å². The zero-order valence-electron chi connectivity index (χ0n) is 19.7. The van der Waals surface area contributed by atoms with Gasteiger partial charge in [-0.15, -0.1) is 0 Å². The van der Waals surface area contributed by atoms with Crippen molar-refractivity contribution in [2.24, 2.45) is 9.98 Å². The Morgan fingerprint density at radius 1 is 0.909 bits per heavy atom. The second-order valence-corrected chi connectivity index (χ2v) is 9.55. The Morgan fingerprint density at radius 2 is 1.45 bits per heavy atom. The summed E-state index contributed by atoms with van der Waals surface area (Å²) in [6.45, 7) is 4.04. The standard InChI is InChI=1S/C24H32N4O4S/c1-5-24(26-23(25-2)18-19-6-8-20(31-3)9-7-19)27-14-16-28(17-15-27)33(29,30)22-12-10-21(32-4)11-13-22/h6-13H,5,14-18H2,1-4H3. The number of amidine groups is 2. The number of nitrogens with zero attached hydrogens (tertiary/aromatic N) is 4. The quantitative estimate of drug-likeness (QED) is 0.457. The van der Waals surface area contributed by atoms with Gasteiger partial charge in [0.15, 0.2) is 0 Å². The van der Waals surface area contributed by atoms with Gasteiger partial charge in [-0.1, -0.05) is 19.1 Å². The minimum atomic E-state index is -3.54. The van der Waals surface area contributed by atoms with E-state index in [0.717, 1.165) is 29.4 Å². The molecule has 0 aliphatic carbocycles. The molecule has 0 amide bonds. The lowest BCUT2D eigenvalue weighted by Gasteiger charge is -2.35. The van der Waals surface area contributed by atoms with Gasteiger partial charge < -0.3 is 14.4 Å². The van der Waals surface area contributed by atoms with E-state index in [2.05, 4.69) is 16.8 Å². The average molecular weight is 473 g/mol. The zero-order valence-corrected chi connectivity index (χ0v) is 20.5. The summed E-state index contributed by atoms with van der Waals surface area (Å²) in [7, 11) is 1.41. The fraction of sp³-hybridized carbons (Fsp3) is 0.417. The summed E-state index contributed by atoms with van der Waals surface area (Å²) < 4.78 is 37.9. The normalized spacial score (nSPS) is 16.1. The van der Waals surface area contributed by atoms with E-state index in [1.807, 2.05) is 24.3 Å². The minimum absolute atomic E-state index is 0.279. The van der Waals surface area contributed by atoms with Crippen LogP contribution < -0.4 is 9.47 Å². The Hall–Kier alpha value is -2.91. The molecule has 9 heteroatoms. The van der Waals surface area contributed by atoms with Crippen molar-refractivity contribution in [3.8, 4) is 11.5 Å². The fourth-order valence-electron chi connectivity index (χ4n) is 3.70. The molecule has 0 saturated carbocycles. The Bertz CT molecular complexity index is 1070. The first-order chi connectivity index (χ1) is 15.9. The van der Waals surface area contributed by atoms with Gasteiger partial charge in [0.05, 0.1) is 19.1 Å². The zero-order chi connectivity index (χ0) is 23.8. The monoisotopic (exact) mass is 472 g/mol. The topological polar surface area (TPSA) is 83.8 Å². The third-order valence-electron chi connectivity index (χ3n) is 5.65. The van der Waals surface area contributed by atoms with Crippen LogP contribution in [0, 0.1) is 0 Å². The number of aliphatic imine (C=N–C) groups is 2. The minimum Gasteiger partial charge on any atom is -0.497 e. The maximum absolute atomic E-state index is 13.0. The van der Waals surface area contributed by atoms with Crippen molar-refractivity contribution < 1.29 is 17.9 Å². The molecule has 2 aromatic carbocycles. The highest BCUT2D eigenvalue weighted by Crippen LogP contribution is 2.21. The Labute approximate surface area is 196 Å². The van der Waals surface area contributed by atoms with Crippen LogP contribution in [0.3, 0.4) is 0 Å². The fourth-order valence-corrected chi connectivity index (χ4v) is 5.12. The number of sulfonamides is 1. The third-order valence-corrected chi connectivity index (χ3v) is 7.57. The van der Waals surface area contributed by atoms with Crippen molar-refractivity contribution in [1.82, 2.24) is 9.21 Å². The average Bonchev–Trinajstić information content (AvgIpc) is 2.87. The molecule has 1 fully saturated rings. The SMILES string of the molecule is CCC(=NC(Cc1ccc(OC)cc1)=NC)N1CCN(S(=O)(=O)c2ccc(OC)cc2)CC1.